The number of nitrogens with two attached hydrogens (primary N) is 1. The minimum Gasteiger partial charge on any atom is -0.444 e. The van der Waals surface area contributed by atoms with Crippen LogP contribution in [-0.4, -0.2) is 4.37 Å². The highest BCUT2D eigenvalue weighted by atomic mass is 35.5. The van der Waals surface area contributed by atoms with E-state index in [9.17, 15) is 0 Å². The Kier molecular flexibility index (Phi) is 3.38. The zero-order valence-electron chi connectivity index (χ0n) is 9.97. The van der Waals surface area contributed by atoms with Crippen molar-refractivity contribution in [2.24, 2.45) is 5.73 Å². The normalized spacial score (nSPS) is 10.8. The molecule has 2 N–H and O–H groups in total. The Balaban J connectivity index is 1.95. The molecule has 0 bridgehead atoms. The summed E-state index contributed by atoms with van der Waals surface area (Å²) in [5.41, 5.74) is 7.42. The lowest BCUT2D eigenvalue weighted by Crippen LogP contribution is -1.96. The van der Waals surface area contributed by atoms with E-state index < -0.39 is 0 Å². The van der Waals surface area contributed by atoms with Crippen LogP contribution in [0.5, 0.6) is 10.8 Å². The van der Waals surface area contributed by atoms with Crippen LogP contribution < -0.4 is 10.5 Å². The van der Waals surface area contributed by atoms with E-state index in [0.717, 1.165) is 21.5 Å². The number of aromatic nitrogens is 1. The largest absolute Gasteiger partial charge is 0.444 e. The predicted molar refractivity (Wildman–Crippen MR) is 79.0 cm³/mol. The van der Waals surface area contributed by atoms with Crippen LogP contribution in [0.4, 0.5) is 0 Å². The summed E-state index contributed by atoms with van der Waals surface area (Å²) < 4.78 is 10.2. The minimum absolute atomic E-state index is 0.419. The number of rotatable bonds is 3. The molecule has 0 radical (unpaired) electrons. The highest BCUT2D eigenvalue weighted by molar-refractivity contribution is 7.09. The zero-order chi connectivity index (χ0) is 13.2. The fourth-order valence-electron chi connectivity index (χ4n) is 1.80. The van der Waals surface area contributed by atoms with Crippen LogP contribution in [0.1, 0.15) is 5.56 Å². The molecular weight excluding hydrogens is 280 g/mol. The van der Waals surface area contributed by atoms with Crippen LogP contribution in [0.2, 0.25) is 5.02 Å². The van der Waals surface area contributed by atoms with Crippen molar-refractivity contribution in [2.75, 3.05) is 0 Å². The molecule has 0 saturated carbocycles. The maximum absolute atomic E-state index is 6.12. The number of hydrogen-bond donors (Lipinski definition) is 1. The van der Waals surface area contributed by atoms with Crippen LogP contribution in [0.25, 0.3) is 10.9 Å². The summed E-state index contributed by atoms with van der Waals surface area (Å²) in [5, 5.41) is 2.40. The van der Waals surface area contributed by atoms with Crippen molar-refractivity contribution < 1.29 is 4.74 Å². The van der Waals surface area contributed by atoms with Gasteiger partial charge in [-0.15, -0.1) is 0 Å². The fourth-order valence-corrected chi connectivity index (χ4v) is 2.80. The number of nitrogens with zero attached hydrogens (tertiary/aromatic N) is 1. The van der Waals surface area contributed by atoms with Crippen LogP contribution in [0.3, 0.4) is 0 Å². The summed E-state index contributed by atoms with van der Waals surface area (Å²) in [7, 11) is 0. The molecule has 0 amide bonds. The first-order valence-electron chi connectivity index (χ1n) is 5.78. The van der Waals surface area contributed by atoms with Gasteiger partial charge >= 0.3 is 0 Å². The van der Waals surface area contributed by atoms with Crippen molar-refractivity contribution in [3.63, 3.8) is 0 Å². The molecule has 19 heavy (non-hydrogen) atoms. The Morgan fingerprint density at radius 2 is 2.05 bits per heavy atom. The molecule has 3 rings (SSSR count). The molecule has 0 aliphatic rings. The standard InChI is InChI=1S/C14H11ClN2OS/c15-12-7-10(6-5-9(12)8-16)18-14-11-3-1-2-4-13(11)17-19-14/h1-7H,8,16H2. The van der Waals surface area contributed by atoms with Gasteiger partial charge in [0.25, 0.3) is 0 Å². The van der Waals surface area contributed by atoms with Crippen molar-refractivity contribution in [1.29, 1.82) is 0 Å². The molecule has 3 aromatic rings. The summed E-state index contributed by atoms with van der Waals surface area (Å²) in [6.45, 7) is 0.419. The summed E-state index contributed by atoms with van der Waals surface area (Å²) in [5.74, 6) is 0.691. The van der Waals surface area contributed by atoms with Gasteiger partial charge in [-0.05, 0) is 29.8 Å². The van der Waals surface area contributed by atoms with Crippen molar-refractivity contribution in [2.45, 2.75) is 6.54 Å². The Hall–Kier alpha value is -1.62. The highest BCUT2D eigenvalue weighted by Crippen LogP contribution is 2.34. The molecule has 0 saturated heterocycles. The first-order chi connectivity index (χ1) is 9.28. The van der Waals surface area contributed by atoms with E-state index in [1.54, 1.807) is 6.07 Å². The molecule has 96 valence electrons. The van der Waals surface area contributed by atoms with E-state index >= 15 is 0 Å². The Bertz CT molecular complexity index is 726. The van der Waals surface area contributed by atoms with Crippen LogP contribution in [0, 0.1) is 0 Å². The molecule has 0 atom stereocenters. The maximum atomic E-state index is 6.12. The lowest BCUT2D eigenvalue weighted by Gasteiger charge is -2.06. The van der Waals surface area contributed by atoms with Gasteiger partial charge in [0.1, 0.15) is 5.75 Å². The molecule has 0 spiro atoms. The lowest BCUT2D eigenvalue weighted by molar-refractivity contribution is 0.501. The van der Waals surface area contributed by atoms with E-state index in [1.165, 1.54) is 11.5 Å². The van der Waals surface area contributed by atoms with E-state index in [1.807, 2.05) is 36.4 Å². The van der Waals surface area contributed by atoms with Gasteiger partial charge in [0.15, 0.2) is 0 Å². The molecule has 0 aliphatic heterocycles. The monoisotopic (exact) mass is 290 g/mol. The topological polar surface area (TPSA) is 48.1 Å². The molecule has 2 aromatic carbocycles. The summed E-state index contributed by atoms with van der Waals surface area (Å²) in [6.07, 6.45) is 0. The maximum Gasteiger partial charge on any atom is 0.207 e. The molecule has 0 fully saturated rings. The number of halogens is 1. The second-order valence-corrected chi connectivity index (χ2v) is 5.19. The van der Waals surface area contributed by atoms with Gasteiger partial charge in [0.05, 0.1) is 10.9 Å². The van der Waals surface area contributed by atoms with Crippen LogP contribution in [-0.2, 0) is 6.54 Å². The van der Waals surface area contributed by atoms with Gasteiger partial charge in [0, 0.05) is 23.1 Å². The second-order valence-electron chi connectivity index (χ2n) is 4.05. The van der Waals surface area contributed by atoms with Gasteiger partial charge in [-0.3, -0.25) is 0 Å². The number of hydrogen-bond acceptors (Lipinski definition) is 4. The average Bonchev–Trinajstić information content (AvgIpc) is 2.83. The molecule has 1 aromatic heterocycles. The number of ether oxygens (including phenoxy) is 1. The third-order valence-corrected chi connectivity index (χ3v) is 3.91. The van der Waals surface area contributed by atoms with Gasteiger partial charge in [-0.1, -0.05) is 29.8 Å². The number of fused-ring (bicyclic) bond motifs is 1. The fraction of sp³-hybridized carbons (Fsp3) is 0.0714. The van der Waals surface area contributed by atoms with Crippen molar-refractivity contribution in [3.8, 4) is 10.8 Å². The molecule has 0 unspecified atom stereocenters. The molecule has 3 nitrogen and oxygen atoms in total. The Labute approximate surface area is 119 Å². The second kappa shape index (κ2) is 5.17. The van der Waals surface area contributed by atoms with E-state index in [2.05, 4.69) is 4.37 Å². The van der Waals surface area contributed by atoms with Crippen LogP contribution >= 0.6 is 23.1 Å². The lowest BCUT2D eigenvalue weighted by atomic mass is 10.2. The van der Waals surface area contributed by atoms with Crippen molar-refractivity contribution >= 4 is 34.0 Å². The van der Waals surface area contributed by atoms with Gasteiger partial charge < -0.3 is 10.5 Å². The Morgan fingerprint density at radius 1 is 1.21 bits per heavy atom. The quantitative estimate of drug-likeness (QED) is 0.786. The average molecular weight is 291 g/mol. The van der Waals surface area contributed by atoms with Gasteiger partial charge in [-0.2, -0.15) is 4.37 Å². The van der Waals surface area contributed by atoms with Gasteiger partial charge in [-0.25, -0.2) is 0 Å². The first kappa shape index (κ1) is 12.4. The molecule has 0 aliphatic carbocycles. The third kappa shape index (κ3) is 2.42. The minimum atomic E-state index is 0.419. The van der Waals surface area contributed by atoms with Crippen LogP contribution in [0.15, 0.2) is 42.5 Å². The third-order valence-electron chi connectivity index (χ3n) is 2.81. The van der Waals surface area contributed by atoms with Crippen molar-refractivity contribution in [3.05, 3.63) is 53.1 Å². The highest BCUT2D eigenvalue weighted by Gasteiger charge is 2.08. The van der Waals surface area contributed by atoms with E-state index in [4.69, 9.17) is 22.1 Å². The predicted octanol–water partition coefficient (Wildman–Crippen LogP) is 4.20. The smallest absolute Gasteiger partial charge is 0.207 e. The molecule has 1 heterocycles. The Morgan fingerprint density at radius 3 is 2.84 bits per heavy atom. The SMILES string of the molecule is NCc1ccc(Oc2snc3ccccc23)cc1Cl. The van der Waals surface area contributed by atoms with E-state index in [-0.39, 0.29) is 0 Å². The first-order valence-corrected chi connectivity index (χ1v) is 6.94. The molecular formula is C14H11ClN2OS. The number of benzene rings is 2. The molecule has 5 heteroatoms. The summed E-state index contributed by atoms with van der Waals surface area (Å²) in [4.78, 5) is 0. The van der Waals surface area contributed by atoms with E-state index in [0.29, 0.717) is 17.3 Å². The summed E-state index contributed by atoms with van der Waals surface area (Å²) >= 11 is 7.45. The summed E-state index contributed by atoms with van der Waals surface area (Å²) in [6, 6.07) is 13.4. The van der Waals surface area contributed by atoms with Crippen molar-refractivity contribution in [1.82, 2.24) is 4.37 Å². The van der Waals surface area contributed by atoms with Gasteiger partial charge in [0.2, 0.25) is 5.06 Å². The zero-order valence-corrected chi connectivity index (χ0v) is 11.5.